The molecule has 20 heavy (non-hydrogen) atoms. The number of benzene rings is 1. The zero-order valence-electron chi connectivity index (χ0n) is 11.0. The molecule has 1 aliphatic rings. The van der Waals surface area contributed by atoms with Crippen molar-refractivity contribution in [3.63, 3.8) is 0 Å². The van der Waals surface area contributed by atoms with Crippen molar-refractivity contribution in [1.82, 2.24) is 4.57 Å². The average Bonchev–Trinajstić information content (AvgIpc) is 3.26. The number of nitrogens with zero attached hydrogens (tertiary/aromatic N) is 1. The Morgan fingerprint density at radius 3 is 2.80 bits per heavy atom. The van der Waals surface area contributed by atoms with Crippen LogP contribution in [0.2, 0.25) is 0 Å². The number of methoxy groups -OCH3 is 1. The monoisotopic (exact) mass is 335 g/mol. The third kappa shape index (κ3) is 2.26. The molecule has 0 aliphatic heterocycles. The summed E-state index contributed by atoms with van der Waals surface area (Å²) in [4.78, 5) is 24.0. The van der Waals surface area contributed by atoms with Crippen molar-refractivity contribution in [2.24, 2.45) is 5.92 Å². The molecule has 2 aromatic rings. The summed E-state index contributed by atoms with van der Waals surface area (Å²) in [7, 11) is 1.40. The molecule has 1 aliphatic carbocycles. The molecule has 4 nitrogen and oxygen atoms in total. The van der Waals surface area contributed by atoms with Crippen LogP contribution in [0.15, 0.2) is 39.7 Å². The van der Waals surface area contributed by atoms with Gasteiger partial charge in [-0.25, -0.2) is 4.79 Å². The van der Waals surface area contributed by atoms with E-state index in [0.717, 1.165) is 22.8 Å². The Morgan fingerprint density at radius 1 is 1.40 bits per heavy atom. The van der Waals surface area contributed by atoms with E-state index >= 15 is 0 Å². The predicted molar refractivity (Wildman–Crippen MR) is 79.7 cm³/mol. The van der Waals surface area contributed by atoms with Crippen molar-refractivity contribution in [3.05, 3.63) is 45.2 Å². The van der Waals surface area contributed by atoms with E-state index in [1.54, 1.807) is 12.3 Å². The molecule has 1 aromatic carbocycles. The highest BCUT2D eigenvalue weighted by molar-refractivity contribution is 9.10. The smallest absolute Gasteiger partial charge is 0.329 e. The minimum atomic E-state index is -0.350. The standard InChI is InChI=1S/C15H14BrNO3/c1-20-15(19)14(9-2-3-9)17-7-6-13(18)11-5-4-10(16)8-12(11)17/h4-9,14H,2-3H2,1H3. The van der Waals surface area contributed by atoms with E-state index in [9.17, 15) is 9.59 Å². The Balaban J connectivity index is 2.24. The van der Waals surface area contributed by atoms with Gasteiger partial charge in [-0.2, -0.15) is 0 Å². The van der Waals surface area contributed by atoms with Gasteiger partial charge in [0.15, 0.2) is 5.43 Å². The molecule has 1 heterocycles. The first kappa shape index (κ1) is 13.4. The van der Waals surface area contributed by atoms with Gasteiger partial charge in [-0.15, -0.1) is 0 Å². The minimum Gasteiger partial charge on any atom is -0.467 e. The van der Waals surface area contributed by atoms with Crippen molar-refractivity contribution in [2.45, 2.75) is 18.9 Å². The molecule has 1 aromatic heterocycles. The number of fused-ring (bicyclic) bond motifs is 1. The lowest BCUT2D eigenvalue weighted by Gasteiger charge is -2.20. The molecule has 1 unspecified atom stereocenters. The summed E-state index contributed by atoms with van der Waals surface area (Å²) in [6.45, 7) is 0. The first-order chi connectivity index (χ1) is 9.61. The highest BCUT2D eigenvalue weighted by Crippen LogP contribution is 2.41. The van der Waals surface area contributed by atoms with E-state index < -0.39 is 0 Å². The maximum atomic E-state index is 12.1. The quantitative estimate of drug-likeness (QED) is 0.810. The molecule has 0 saturated heterocycles. The largest absolute Gasteiger partial charge is 0.467 e. The van der Waals surface area contributed by atoms with Crippen molar-refractivity contribution in [3.8, 4) is 0 Å². The van der Waals surface area contributed by atoms with Gasteiger partial charge in [0, 0.05) is 22.1 Å². The third-order valence-electron chi connectivity index (χ3n) is 3.70. The van der Waals surface area contributed by atoms with Crippen LogP contribution in [0.4, 0.5) is 0 Å². The maximum Gasteiger partial charge on any atom is 0.329 e. The first-order valence-corrected chi connectivity index (χ1v) is 7.29. The Bertz CT molecular complexity index is 733. The van der Waals surface area contributed by atoms with Gasteiger partial charge in [-0.1, -0.05) is 15.9 Å². The predicted octanol–water partition coefficient (Wildman–Crippen LogP) is 2.89. The minimum absolute atomic E-state index is 0.0387. The second-order valence-electron chi connectivity index (χ2n) is 5.05. The summed E-state index contributed by atoms with van der Waals surface area (Å²) >= 11 is 3.42. The number of hydrogen-bond acceptors (Lipinski definition) is 3. The number of ether oxygens (including phenoxy) is 1. The molecular weight excluding hydrogens is 322 g/mol. The highest BCUT2D eigenvalue weighted by Gasteiger charge is 2.38. The normalized spacial score (nSPS) is 16.1. The lowest BCUT2D eigenvalue weighted by Crippen LogP contribution is -2.24. The highest BCUT2D eigenvalue weighted by atomic mass is 79.9. The molecule has 1 saturated carbocycles. The first-order valence-electron chi connectivity index (χ1n) is 6.50. The van der Waals surface area contributed by atoms with Gasteiger partial charge in [0.05, 0.1) is 12.6 Å². The summed E-state index contributed by atoms with van der Waals surface area (Å²) in [6, 6.07) is 6.64. The van der Waals surface area contributed by atoms with Gasteiger partial charge < -0.3 is 9.30 Å². The number of halogens is 1. The fourth-order valence-electron chi connectivity index (χ4n) is 2.55. The molecule has 0 bridgehead atoms. The Hall–Kier alpha value is -1.62. The molecular formula is C15H14BrNO3. The molecule has 0 N–H and O–H groups in total. The number of carbonyl (C=O) groups excluding carboxylic acids is 1. The molecule has 5 heteroatoms. The molecule has 3 rings (SSSR count). The van der Waals surface area contributed by atoms with Gasteiger partial charge >= 0.3 is 5.97 Å². The number of rotatable bonds is 3. The Labute approximate surface area is 124 Å². The molecule has 1 atom stereocenters. The summed E-state index contributed by atoms with van der Waals surface area (Å²) in [6.07, 6.45) is 3.72. The lowest BCUT2D eigenvalue weighted by atomic mass is 10.1. The van der Waals surface area contributed by atoms with Crippen LogP contribution in [0.25, 0.3) is 10.9 Å². The lowest BCUT2D eigenvalue weighted by molar-refractivity contribution is -0.145. The van der Waals surface area contributed by atoms with Crippen LogP contribution in [0, 0.1) is 5.92 Å². The van der Waals surface area contributed by atoms with Crippen molar-refractivity contribution in [1.29, 1.82) is 0 Å². The van der Waals surface area contributed by atoms with E-state index in [4.69, 9.17) is 4.74 Å². The van der Waals surface area contributed by atoms with E-state index in [0.29, 0.717) is 11.3 Å². The second kappa shape index (κ2) is 5.05. The molecule has 0 amide bonds. The Morgan fingerprint density at radius 2 is 2.15 bits per heavy atom. The van der Waals surface area contributed by atoms with Crippen LogP contribution in [0.1, 0.15) is 18.9 Å². The van der Waals surface area contributed by atoms with Crippen LogP contribution >= 0.6 is 15.9 Å². The second-order valence-corrected chi connectivity index (χ2v) is 5.97. The van der Waals surface area contributed by atoms with Gasteiger partial charge in [-0.05, 0) is 37.0 Å². The zero-order chi connectivity index (χ0) is 14.3. The number of esters is 1. The maximum absolute atomic E-state index is 12.1. The third-order valence-corrected chi connectivity index (χ3v) is 4.19. The fourth-order valence-corrected chi connectivity index (χ4v) is 2.90. The van der Waals surface area contributed by atoms with E-state index in [1.807, 2.05) is 16.7 Å². The van der Waals surface area contributed by atoms with E-state index in [2.05, 4.69) is 15.9 Å². The average molecular weight is 336 g/mol. The molecule has 1 fully saturated rings. The number of aromatic nitrogens is 1. The van der Waals surface area contributed by atoms with E-state index in [-0.39, 0.29) is 17.4 Å². The zero-order valence-corrected chi connectivity index (χ0v) is 12.6. The molecule has 0 spiro atoms. The Kier molecular flexibility index (Phi) is 3.38. The topological polar surface area (TPSA) is 48.3 Å². The van der Waals surface area contributed by atoms with Crippen LogP contribution in [-0.2, 0) is 9.53 Å². The van der Waals surface area contributed by atoms with Crippen molar-refractivity contribution < 1.29 is 9.53 Å². The number of pyridine rings is 1. The number of hydrogen-bond donors (Lipinski definition) is 0. The fraction of sp³-hybridized carbons (Fsp3) is 0.333. The van der Waals surface area contributed by atoms with Gasteiger partial charge in [-0.3, -0.25) is 4.79 Å². The van der Waals surface area contributed by atoms with Gasteiger partial charge in [0.2, 0.25) is 0 Å². The summed E-state index contributed by atoms with van der Waals surface area (Å²) in [5.41, 5.74) is 0.720. The van der Waals surface area contributed by atoms with Gasteiger partial charge in [0.25, 0.3) is 0 Å². The van der Waals surface area contributed by atoms with Crippen LogP contribution in [0.3, 0.4) is 0 Å². The summed E-state index contributed by atoms with van der Waals surface area (Å²) in [5, 5.41) is 0.616. The van der Waals surface area contributed by atoms with Crippen LogP contribution < -0.4 is 5.43 Å². The van der Waals surface area contributed by atoms with E-state index in [1.165, 1.54) is 13.2 Å². The van der Waals surface area contributed by atoms with Gasteiger partial charge in [0.1, 0.15) is 6.04 Å². The van der Waals surface area contributed by atoms with Crippen molar-refractivity contribution in [2.75, 3.05) is 7.11 Å². The van der Waals surface area contributed by atoms with Crippen LogP contribution in [-0.4, -0.2) is 17.6 Å². The van der Waals surface area contributed by atoms with Crippen molar-refractivity contribution >= 4 is 32.8 Å². The number of carbonyl (C=O) groups is 1. The SMILES string of the molecule is COC(=O)C(C1CC1)n1ccc(=O)c2ccc(Br)cc21. The summed E-state index contributed by atoms with van der Waals surface area (Å²) in [5.74, 6) is 0.0459. The molecule has 104 valence electrons. The molecule has 0 radical (unpaired) electrons. The summed E-state index contributed by atoms with van der Waals surface area (Å²) < 4.78 is 7.67. The van der Waals surface area contributed by atoms with Crippen LogP contribution in [0.5, 0.6) is 0 Å².